The Morgan fingerprint density at radius 1 is 0.353 bits per heavy atom. The van der Waals surface area contributed by atoms with Gasteiger partial charge in [-0.15, -0.1) is 0 Å². The minimum atomic E-state index is -0.103. The first-order chi connectivity index (χ1) is 25.1. The largest absolute Gasteiger partial charge is 0.208 e. The molecule has 1 aromatic heterocycles. The Morgan fingerprint density at radius 3 is 1.51 bits per heavy atom. The Kier molecular flexibility index (Phi) is 6.53. The first-order valence-corrected chi connectivity index (χ1v) is 17.5. The van der Waals surface area contributed by atoms with Crippen LogP contribution in [0.3, 0.4) is 0 Å². The van der Waals surface area contributed by atoms with Crippen LogP contribution in [0.25, 0.3) is 88.7 Å². The summed E-state index contributed by atoms with van der Waals surface area (Å²) in [6.45, 7) is 4.68. The topological polar surface area (TPSA) is 38.7 Å². The van der Waals surface area contributed by atoms with Gasteiger partial charge in [-0.3, -0.25) is 0 Å². The number of rotatable bonds is 4. The second-order valence-electron chi connectivity index (χ2n) is 14.0. The minimum absolute atomic E-state index is 0.103. The summed E-state index contributed by atoms with van der Waals surface area (Å²) in [6, 6.07) is 58.4. The van der Waals surface area contributed by atoms with Crippen LogP contribution in [-0.2, 0) is 5.41 Å². The highest BCUT2D eigenvalue weighted by molar-refractivity contribution is 6.29. The summed E-state index contributed by atoms with van der Waals surface area (Å²) in [4.78, 5) is 15.6. The van der Waals surface area contributed by atoms with Gasteiger partial charge in [-0.25, -0.2) is 15.0 Å². The minimum Gasteiger partial charge on any atom is -0.208 e. The lowest BCUT2D eigenvalue weighted by Crippen LogP contribution is -2.14. The van der Waals surface area contributed by atoms with Gasteiger partial charge in [-0.05, 0) is 72.4 Å². The number of hydrogen-bond acceptors (Lipinski definition) is 3. The third-order valence-corrected chi connectivity index (χ3v) is 10.7. The second-order valence-corrected chi connectivity index (χ2v) is 14.0. The van der Waals surface area contributed by atoms with Crippen LogP contribution in [0, 0.1) is 0 Å². The van der Waals surface area contributed by atoms with Crippen LogP contribution >= 0.6 is 0 Å². The van der Waals surface area contributed by atoms with Gasteiger partial charge in [0.15, 0.2) is 17.5 Å². The molecule has 0 N–H and O–H groups in total. The van der Waals surface area contributed by atoms with Crippen molar-refractivity contribution >= 4 is 32.3 Å². The van der Waals surface area contributed by atoms with E-state index in [4.69, 9.17) is 15.0 Å². The molecule has 0 amide bonds. The standard InChI is InChI=1S/C48H33N3/c1-48(2)41-26-14-13-24-38(41)44-33(25-15-27-42(44)48)32-28-39-36-22-10-9-20-34(36)35-21-11-12-23-37(35)43(39)40(29-32)47-50-45(30-16-5-3-6-17-30)49-46(51-47)31-18-7-4-8-19-31/h3-29H,1-2H3. The normalized spacial score (nSPS) is 13.1. The molecular weight excluding hydrogens is 619 g/mol. The lowest BCUT2D eigenvalue weighted by molar-refractivity contribution is 0.660. The number of nitrogens with zero attached hydrogens (tertiary/aromatic N) is 3. The lowest BCUT2D eigenvalue weighted by atomic mass is 9.81. The van der Waals surface area contributed by atoms with Gasteiger partial charge in [0.25, 0.3) is 0 Å². The van der Waals surface area contributed by atoms with Gasteiger partial charge in [0, 0.05) is 27.5 Å². The number of benzene rings is 8. The van der Waals surface area contributed by atoms with E-state index < -0.39 is 0 Å². The molecule has 0 atom stereocenters. The molecule has 0 saturated carbocycles. The lowest BCUT2D eigenvalue weighted by Gasteiger charge is -2.22. The maximum absolute atomic E-state index is 5.28. The van der Waals surface area contributed by atoms with Crippen LogP contribution < -0.4 is 0 Å². The Bertz CT molecular complexity index is 2760. The Hall–Kier alpha value is -6.45. The van der Waals surface area contributed by atoms with Crippen molar-refractivity contribution in [3.63, 3.8) is 0 Å². The molecule has 240 valence electrons. The fraction of sp³-hybridized carbons (Fsp3) is 0.0625. The highest BCUT2D eigenvalue weighted by Crippen LogP contribution is 2.53. The Labute approximate surface area is 297 Å². The van der Waals surface area contributed by atoms with Crippen molar-refractivity contribution in [3.05, 3.63) is 175 Å². The zero-order chi connectivity index (χ0) is 34.1. The van der Waals surface area contributed by atoms with Crippen molar-refractivity contribution < 1.29 is 0 Å². The maximum Gasteiger partial charge on any atom is 0.164 e. The van der Waals surface area contributed by atoms with Crippen LogP contribution in [-0.4, -0.2) is 15.0 Å². The smallest absolute Gasteiger partial charge is 0.164 e. The van der Waals surface area contributed by atoms with E-state index in [2.05, 4.69) is 141 Å². The average Bonchev–Trinajstić information content (AvgIpc) is 3.44. The maximum atomic E-state index is 5.28. The molecule has 0 spiro atoms. The van der Waals surface area contributed by atoms with E-state index in [1.54, 1.807) is 0 Å². The molecule has 1 aliphatic rings. The summed E-state index contributed by atoms with van der Waals surface area (Å²) < 4.78 is 0. The van der Waals surface area contributed by atoms with Gasteiger partial charge in [-0.1, -0.05) is 166 Å². The number of fused-ring (bicyclic) bond motifs is 9. The molecular formula is C48H33N3. The van der Waals surface area contributed by atoms with Crippen molar-refractivity contribution in [2.75, 3.05) is 0 Å². The van der Waals surface area contributed by atoms with Gasteiger partial charge >= 0.3 is 0 Å². The van der Waals surface area contributed by atoms with E-state index in [1.165, 1.54) is 54.7 Å². The molecule has 1 aliphatic carbocycles. The van der Waals surface area contributed by atoms with Crippen molar-refractivity contribution in [1.29, 1.82) is 0 Å². The summed E-state index contributed by atoms with van der Waals surface area (Å²) >= 11 is 0. The summed E-state index contributed by atoms with van der Waals surface area (Å²) in [6.07, 6.45) is 0. The highest BCUT2D eigenvalue weighted by atomic mass is 15.0. The van der Waals surface area contributed by atoms with E-state index in [9.17, 15) is 0 Å². The molecule has 3 nitrogen and oxygen atoms in total. The summed E-state index contributed by atoms with van der Waals surface area (Å²) in [5.41, 5.74) is 10.5. The van der Waals surface area contributed by atoms with Gasteiger partial charge in [0.2, 0.25) is 0 Å². The molecule has 0 bridgehead atoms. The first kappa shape index (κ1) is 29.5. The second kappa shape index (κ2) is 11.3. The van der Waals surface area contributed by atoms with Crippen LogP contribution in [0.4, 0.5) is 0 Å². The third-order valence-electron chi connectivity index (χ3n) is 10.7. The van der Waals surface area contributed by atoms with Gasteiger partial charge in [0.1, 0.15) is 0 Å². The number of aromatic nitrogens is 3. The molecule has 0 saturated heterocycles. The first-order valence-electron chi connectivity index (χ1n) is 17.5. The van der Waals surface area contributed by atoms with E-state index in [-0.39, 0.29) is 5.41 Å². The van der Waals surface area contributed by atoms with E-state index in [1.807, 2.05) is 36.4 Å². The van der Waals surface area contributed by atoms with Gasteiger partial charge in [0.05, 0.1) is 0 Å². The molecule has 0 unspecified atom stereocenters. The van der Waals surface area contributed by atoms with Crippen LogP contribution in [0.1, 0.15) is 25.0 Å². The average molecular weight is 652 g/mol. The molecule has 10 rings (SSSR count). The van der Waals surface area contributed by atoms with Crippen LogP contribution in [0.5, 0.6) is 0 Å². The predicted molar refractivity (Wildman–Crippen MR) is 212 cm³/mol. The fourth-order valence-electron chi connectivity index (χ4n) is 8.29. The van der Waals surface area contributed by atoms with Crippen molar-refractivity contribution in [3.8, 4) is 56.4 Å². The molecule has 9 aromatic rings. The van der Waals surface area contributed by atoms with Crippen LogP contribution in [0.15, 0.2) is 164 Å². The predicted octanol–water partition coefficient (Wildman–Crippen LogP) is 12.3. The fourth-order valence-corrected chi connectivity index (χ4v) is 8.29. The van der Waals surface area contributed by atoms with Crippen LogP contribution in [0.2, 0.25) is 0 Å². The summed E-state index contributed by atoms with van der Waals surface area (Å²) in [7, 11) is 0. The molecule has 51 heavy (non-hydrogen) atoms. The molecule has 8 aromatic carbocycles. The highest BCUT2D eigenvalue weighted by Gasteiger charge is 2.36. The quantitative estimate of drug-likeness (QED) is 0.178. The monoisotopic (exact) mass is 651 g/mol. The third kappa shape index (κ3) is 4.55. The molecule has 0 radical (unpaired) electrons. The van der Waals surface area contributed by atoms with Gasteiger partial charge in [-0.2, -0.15) is 0 Å². The number of hydrogen-bond donors (Lipinski definition) is 0. The molecule has 1 heterocycles. The molecule has 0 fully saturated rings. The van der Waals surface area contributed by atoms with E-state index in [0.717, 1.165) is 27.6 Å². The summed E-state index contributed by atoms with van der Waals surface area (Å²) in [5, 5.41) is 7.17. The molecule has 0 aliphatic heterocycles. The zero-order valence-electron chi connectivity index (χ0n) is 28.4. The van der Waals surface area contributed by atoms with Crippen molar-refractivity contribution in [2.45, 2.75) is 19.3 Å². The van der Waals surface area contributed by atoms with E-state index >= 15 is 0 Å². The van der Waals surface area contributed by atoms with Crippen molar-refractivity contribution in [1.82, 2.24) is 15.0 Å². The molecule has 3 heteroatoms. The zero-order valence-corrected chi connectivity index (χ0v) is 28.4. The van der Waals surface area contributed by atoms with Gasteiger partial charge < -0.3 is 0 Å². The Morgan fingerprint density at radius 2 is 0.843 bits per heavy atom. The Balaban J connectivity index is 1.36. The summed E-state index contributed by atoms with van der Waals surface area (Å²) in [5.74, 6) is 1.96. The van der Waals surface area contributed by atoms with Crippen molar-refractivity contribution in [2.24, 2.45) is 0 Å². The SMILES string of the molecule is CC1(C)c2ccccc2-c2c(-c3cc(-c4nc(-c5ccccc5)nc(-c5ccccc5)n4)c4c5ccccc5c5ccccc5c4c3)cccc21. The van der Waals surface area contributed by atoms with E-state index in [0.29, 0.717) is 17.5 Å².